The molecule has 0 spiro atoms. The molecule has 1 atom stereocenters. The van der Waals surface area contributed by atoms with E-state index in [1.54, 1.807) is 11.0 Å². The van der Waals surface area contributed by atoms with Gasteiger partial charge in [0.15, 0.2) is 0 Å². The van der Waals surface area contributed by atoms with Gasteiger partial charge in [-0.1, -0.05) is 53.5 Å². The first kappa shape index (κ1) is 13.5. The molecule has 1 fully saturated rings. The van der Waals surface area contributed by atoms with Gasteiger partial charge in [0, 0.05) is 11.4 Å². The highest BCUT2D eigenvalue weighted by atomic mass is 35.5. The van der Waals surface area contributed by atoms with Gasteiger partial charge >= 0.3 is 0 Å². The van der Waals surface area contributed by atoms with E-state index in [2.05, 4.69) is 0 Å². The monoisotopic (exact) mass is 305 g/mol. The van der Waals surface area contributed by atoms with E-state index in [0.29, 0.717) is 16.5 Å². The number of nitrogens with zero attached hydrogens (tertiary/aromatic N) is 1. The van der Waals surface area contributed by atoms with Crippen LogP contribution in [0.5, 0.6) is 0 Å². The second-order valence-electron chi connectivity index (χ2n) is 4.79. The lowest BCUT2D eigenvalue weighted by molar-refractivity contribution is -0.117. The van der Waals surface area contributed by atoms with E-state index in [0.717, 1.165) is 17.7 Å². The Bertz CT molecular complexity index is 656. The number of halogens is 2. The maximum Gasteiger partial charge on any atom is 0.227 e. The summed E-state index contributed by atoms with van der Waals surface area (Å²) in [5.74, 6) is 0.0861. The Balaban J connectivity index is 2.06. The fourth-order valence-corrected chi connectivity index (χ4v) is 3.16. The standard InChI is InChI=1S/C16H13Cl2NO/c17-12-6-2-1-5-11(12)14-9-10-16(20)19(14)15-8-4-3-7-13(15)18/h1-8,14H,9-10H2. The molecule has 0 aliphatic carbocycles. The van der Waals surface area contributed by atoms with E-state index in [-0.39, 0.29) is 11.9 Å². The number of rotatable bonds is 2. The summed E-state index contributed by atoms with van der Waals surface area (Å²) < 4.78 is 0. The summed E-state index contributed by atoms with van der Waals surface area (Å²) in [6.45, 7) is 0. The lowest BCUT2D eigenvalue weighted by Gasteiger charge is -2.26. The molecule has 1 heterocycles. The predicted molar refractivity (Wildman–Crippen MR) is 82.4 cm³/mol. The molecule has 0 N–H and O–H groups in total. The SMILES string of the molecule is O=C1CCC(c2ccccc2Cl)N1c1ccccc1Cl. The molecule has 0 saturated carbocycles. The predicted octanol–water partition coefficient (Wildman–Crippen LogP) is 4.86. The third kappa shape index (κ3) is 2.30. The van der Waals surface area contributed by atoms with Gasteiger partial charge in [-0.25, -0.2) is 0 Å². The van der Waals surface area contributed by atoms with Gasteiger partial charge in [0.2, 0.25) is 5.91 Å². The molecule has 0 aromatic heterocycles. The lowest BCUT2D eigenvalue weighted by Crippen LogP contribution is -2.27. The number of anilines is 1. The Labute approximate surface area is 127 Å². The number of benzene rings is 2. The number of hydrogen-bond donors (Lipinski definition) is 0. The average Bonchev–Trinajstić information content (AvgIpc) is 2.82. The highest BCUT2D eigenvalue weighted by molar-refractivity contribution is 6.34. The summed E-state index contributed by atoms with van der Waals surface area (Å²) in [6.07, 6.45) is 1.27. The third-order valence-corrected chi connectivity index (χ3v) is 4.25. The van der Waals surface area contributed by atoms with Gasteiger partial charge < -0.3 is 4.90 Å². The van der Waals surface area contributed by atoms with Crippen LogP contribution in [0.3, 0.4) is 0 Å². The normalized spacial score (nSPS) is 18.6. The van der Waals surface area contributed by atoms with Gasteiger partial charge in [-0.15, -0.1) is 0 Å². The molecule has 2 aromatic rings. The van der Waals surface area contributed by atoms with E-state index in [4.69, 9.17) is 23.2 Å². The van der Waals surface area contributed by atoms with Crippen LogP contribution >= 0.6 is 23.2 Å². The molecule has 3 rings (SSSR count). The zero-order valence-electron chi connectivity index (χ0n) is 10.7. The molecule has 20 heavy (non-hydrogen) atoms. The molecule has 2 aromatic carbocycles. The van der Waals surface area contributed by atoms with Crippen molar-refractivity contribution in [3.8, 4) is 0 Å². The Morgan fingerprint density at radius 3 is 2.30 bits per heavy atom. The van der Waals surface area contributed by atoms with E-state index in [9.17, 15) is 4.79 Å². The second-order valence-corrected chi connectivity index (χ2v) is 5.61. The second kappa shape index (κ2) is 5.47. The van der Waals surface area contributed by atoms with Crippen LogP contribution in [-0.4, -0.2) is 5.91 Å². The number of carbonyl (C=O) groups is 1. The van der Waals surface area contributed by atoms with Gasteiger partial charge in [-0.05, 0) is 30.2 Å². The van der Waals surface area contributed by atoms with Crippen LogP contribution in [0.4, 0.5) is 5.69 Å². The van der Waals surface area contributed by atoms with Gasteiger partial charge in [-0.3, -0.25) is 4.79 Å². The molecule has 1 amide bonds. The highest BCUT2D eigenvalue weighted by Gasteiger charge is 2.35. The summed E-state index contributed by atoms with van der Waals surface area (Å²) in [5, 5.41) is 1.27. The Hall–Kier alpha value is -1.51. The number of amides is 1. The van der Waals surface area contributed by atoms with Gasteiger partial charge in [-0.2, -0.15) is 0 Å². The fourth-order valence-electron chi connectivity index (χ4n) is 2.67. The summed E-state index contributed by atoms with van der Waals surface area (Å²) in [4.78, 5) is 14.0. The van der Waals surface area contributed by atoms with Crippen molar-refractivity contribution in [2.45, 2.75) is 18.9 Å². The molecule has 4 heteroatoms. The van der Waals surface area contributed by atoms with Crippen molar-refractivity contribution in [3.05, 3.63) is 64.1 Å². The number of para-hydroxylation sites is 1. The summed E-state index contributed by atoms with van der Waals surface area (Å²) in [5.41, 5.74) is 1.72. The first-order chi connectivity index (χ1) is 9.68. The lowest BCUT2D eigenvalue weighted by atomic mass is 10.0. The van der Waals surface area contributed by atoms with Crippen molar-refractivity contribution in [3.63, 3.8) is 0 Å². The maximum absolute atomic E-state index is 12.2. The van der Waals surface area contributed by atoms with Crippen LogP contribution in [0.1, 0.15) is 24.4 Å². The molecular formula is C16H13Cl2NO. The first-order valence-corrected chi connectivity index (χ1v) is 7.25. The molecule has 2 nitrogen and oxygen atoms in total. The molecule has 0 bridgehead atoms. The van der Waals surface area contributed by atoms with Crippen molar-refractivity contribution in [1.82, 2.24) is 0 Å². The van der Waals surface area contributed by atoms with Crippen LogP contribution in [0.2, 0.25) is 10.0 Å². The Morgan fingerprint density at radius 1 is 0.950 bits per heavy atom. The van der Waals surface area contributed by atoms with Crippen LogP contribution in [0, 0.1) is 0 Å². The molecule has 1 aliphatic rings. The Kier molecular flexibility index (Phi) is 3.68. The molecule has 102 valence electrons. The molecule has 1 unspecified atom stereocenters. The first-order valence-electron chi connectivity index (χ1n) is 6.49. The van der Waals surface area contributed by atoms with Gasteiger partial charge in [0.05, 0.1) is 16.8 Å². The van der Waals surface area contributed by atoms with Crippen molar-refractivity contribution in [1.29, 1.82) is 0 Å². The van der Waals surface area contributed by atoms with E-state index in [1.807, 2.05) is 42.5 Å². The van der Waals surface area contributed by atoms with Crippen LogP contribution in [-0.2, 0) is 4.79 Å². The third-order valence-electron chi connectivity index (χ3n) is 3.59. The highest BCUT2D eigenvalue weighted by Crippen LogP contribution is 2.41. The van der Waals surface area contributed by atoms with Crippen LogP contribution in [0.25, 0.3) is 0 Å². The van der Waals surface area contributed by atoms with Crippen LogP contribution in [0.15, 0.2) is 48.5 Å². The summed E-state index contributed by atoms with van der Waals surface area (Å²) >= 11 is 12.5. The molecule has 1 saturated heterocycles. The minimum absolute atomic E-state index is 0.0453. The molecule has 1 aliphatic heterocycles. The average molecular weight is 306 g/mol. The zero-order chi connectivity index (χ0) is 14.1. The quantitative estimate of drug-likeness (QED) is 0.776. The van der Waals surface area contributed by atoms with Crippen molar-refractivity contribution in [2.75, 3.05) is 4.90 Å². The van der Waals surface area contributed by atoms with E-state index in [1.165, 1.54) is 0 Å². The number of carbonyl (C=O) groups excluding carboxylic acids is 1. The van der Waals surface area contributed by atoms with Crippen molar-refractivity contribution in [2.24, 2.45) is 0 Å². The van der Waals surface area contributed by atoms with Gasteiger partial charge in [0.1, 0.15) is 0 Å². The molecule has 0 radical (unpaired) electrons. The fraction of sp³-hybridized carbons (Fsp3) is 0.188. The summed E-state index contributed by atoms with van der Waals surface area (Å²) in [6, 6.07) is 15.0. The smallest absolute Gasteiger partial charge is 0.227 e. The van der Waals surface area contributed by atoms with E-state index < -0.39 is 0 Å². The van der Waals surface area contributed by atoms with Gasteiger partial charge in [0.25, 0.3) is 0 Å². The topological polar surface area (TPSA) is 20.3 Å². The number of hydrogen-bond acceptors (Lipinski definition) is 1. The largest absolute Gasteiger partial charge is 0.303 e. The summed E-state index contributed by atoms with van der Waals surface area (Å²) in [7, 11) is 0. The Morgan fingerprint density at radius 2 is 1.60 bits per heavy atom. The maximum atomic E-state index is 12.2. The van der Waals surface area contributed by atoms with Crippen LogP contribution < -0.4 is 4.90 Å². The molecular weight excluding hydrogens is 293 g/mol. The minimum atomic E-state index is -0.0453. The zero-order valence-corrected chi connectivity index (χ0v) is 12.2. The minimum Gasteiger partial charge on any atom is -0.303 e. The van der Waals surface area contributed by atoms with Crippen molar-refractivity contribution < 1.29 is 4.79 Å². The van der Waals surface area contributed by atoms with Crippen molar-refractivity contribution >= 4 is 34.8 Å². The van der Waals surface area contributed by atoms with E-state index >= 15 is 0 Å².